The van der Waals surface area contributed by atoms with Crippen LogP contribution in [0.3, 0.4) is 0 Å². The van der Waals surface area contributed by atoms with Gasteiger partial charge in [-0.05, 0) is 100 Å². The van der Waals surface area contributed by atoms with Gasteiger partial charge in [-0.1, -0.05) is 6.07 Å². The zero-order chi connectivity index (χ0) is 34.6. The van der Waals surface area contributed by atoms with Crippen molar-refractivity contribution < 1.29 is 23.7 Å². The molecule has 5 rings (SSSR count). The number of nitrogens with zero attached hydrogens (tertiary/aromatic N) is 7. The summed E-state index contributed by atoms with van der Waals surface area (Å²) in [5.74, 6) is 2.06. The van der Waals surface area contributed by atoms with E-state index in [9.17, 15) is 10.1 Å². The number of aromatic nitrogens is 6. The zero-order valence-corrected chi connectivity index (χ0v) is 28.9. The van der Waals surface area contributed by atoms with Crippen LogP contribution in [0.4, 0.5) is 16.4 Å². The van der Waals surface area contributed by atoms with Crippen molar-refractivity contribution in [3.63, 3.8) is 0 Å². The highest BCUT2D eigenvalue weighted by Crippen LogP contribution is 2.31. The van der Waals surface area contributed by atoms with Gasteiger partial charge in [0.05, 0.1) is 30.4 Å². The number of tetrazole rings is 1. The van der Waals surface area contributed by atoms with Crippen molar-refractivity contribution in [3.8, 4) is 17.3 Å². The molecule has 0 spiro atoms. The average molecular weight is 677 g/mol. The molecule has 1 saturated carbocycles. The molecule has 15 heteroatoms. The molecule has 0 bridgehead atoms. The molecule has 49 heavy (non-hydrogen) atoms. The first-order chi connectivity index (χ1) is 23.8. The van der Waals surface area contributed by atoms with Crippen molar-refractivity contribution in [3.05, 3.63) is 41.9 Å². The number of hydrogen-bond acceptors (Lipinski definition) is 14. The minimum atomic E-state index is -0.774. The Morgan fingerprint density at radius 1 is 1.16 bits per heavy atom. The monoisotopic (exact) mass is 676 g/mol. The van der Waals surface area contributed by atoms with Crippen LogP contribution in [0.15, 0.2) is 30.5 Å². The molecule has 0 radical (unpaired) electrons. The fourth-order valence-electron chi connectivity index (χ4n) is 6.23. The Labute approximate surface area is 287 Å². The third-order valence-corrected chi connectivity index (χ3v) is 9.06. The summed E-state index contributed by atoms with van der Waals surface area (Å²) in [4.78, 5) is 21.2. The third-order valence-electron chi connectivity index (χ3n) is 9.06. The van der Waals surface area contributed by atoms with E-state index in [4.69, 9.17) is 23.9 Å². The minimum Gasteiger partial charge on any atom is -0.435 e. The van der Waals surface area contributed by atoms with Crippen LogP contribution in [0.25, 0.3) is 11.3 Å². The van der Waals surface area contributed by atoms with Crippen LogP contribution >= 0.6 is 0 Å². The number of anilines is 2. The van der Waals surface area contributed by atoms with Gasteiger partial charge in [0.25, 0.3) is 0 Å². The summed E-state index contributed by atoms with van der Waals surface area (Å²) in [6.07, 6.45) is 5.96. The maximum Gasteiger partial charge on any atom is 0.510 e. The second-order valence-corrected chi connectivity index (χ2v) is 12.9. The molecule has 3 aromatic heterocycles. The second-order valence-electron chi connectivity index (χ2n) is 12.9. The highest BCUT2D eigenvalue weighted by Gasteiger charge is 2.32. The van der Waals surface area contributed by atoms with Crippen LogP contribution in [0.2, 0.25) is 0 Å². The smallest absolute Gasteiger partial charge is 0.435 e. The van der Waals surface area contributed by atoms with Crippen molar-refractivity contribution >= 4 is 17.8 Å². The van der Waals surface area contributed by atoms with Crippen molar-refractivity contribution in [1.29, 1.82) is 5.26 Å². The van der Waals surface area contributed by atoms with E-state index in [2.05, 4.69) is 55.5 Å². The highest BCUT2D eigenvalue weighted by molar-refractivity contribution is 5.68. The number of nitrogens with one attached hydrogen (secondary N) is 3. The predicted octanol–water partition coefficient (Wildman–Crippen LogP) is 4.78. The van der Waals surface area contributed by atoms with E-state index < -0.39 is 17.8 Å². The maximum atomic E-state index is 11.6. The Hall–Kier alpha value is -4.39. The molecule has 1 saturated heterocycles. The van der Waals surface area contributed by atoms with Gasteiger partial charge in [-0.25, -0.2) is 14.8 Å². The third kappa shape index (κ3) is 10.1. The average Bonchev–Trinajstić information content (AvgIpc) is 3.58. The summed E-state index contributed by atoms with van der Waals surface area (Å²) >= 11 is 0. The topological polar surface area (TPSA) is 183 Å². The first kappa shape index (κ1) is 35.9. The molecular weight excluding hydrogens is 628 g/mol. The molecule has 0 amide bonds. The normalized spacial score (nSPS) is 20.1. The summed E-state index contributed by atoms with van der Waals surface area (Å²) in [6.45, 7) is 10.2. The van der Waals surface area contributed by atoms with Gasteiger partial charge in [-0.2, -0.15) is 9.94 Å². The Balaban J connectivity index is 1.06. The minimum absolute atomic E-state index is 0.133. The van der Waals surface area contributed by atoms with E-state index >= 15 is 0 Å². The molecule has 1 aliphatic carbocycles. The highest BCUT2D eigenvalue weighted by atomic mass is 16.7. The fourth-order valence-corrected chi connectivity index (χ4v) is 6.23. The molecule has 4 heterocycles. The molecule has 2 aliphatic rings. The van der Waals surface area contributed by atoms with Crippen LogP contribution in [-0.4, -0.2) is 87.4 Å². The molecule has 2 atom stereocenters. The van der Waals surface area contributed by atoms with E-state index in [0.29, 0.717) is 44.3 Å². The molecule has 15 nitrogen and oxygen atoms in total. The van der Waals surface area contributed by atoms with Gasteiger partial charge in [0.2, 0.25) is 0 Å². The molecule has 264 valence electrons. The van der Waals surface area contributed by atoms with Crippen LogP contribution < -0.4 is 16.0 Å². The Bertz CT molecular complexity index is 1550. The summed E-state index contributed by atoms with van der Waals surface area (Å²) in [5.41, 5.74) is 2.52. The quantitative estimate of drug-likeness (QED) is 0.187. The number of carbonyl (C=O) groups is 1. The van der Waals surface area contributed by atoms with Crippen molar-refractivity contribution in [2.45, 2.75) is 97.2 Å². The second kappa shape index (κ2) is 17.3. The lowest BCUT2D eigenvalue weighted by atomic mass is 9.82. The van der Waals surface area contributed by atoms with E-state index in [-0.39, 0.29) is 19.3 Å². The lowest BCUT2D eigenvalue weighted by Gasteiger charge is -2.32. The molecule has 0 aromatic carbocycles. The zero-order valence-electron chi connectivity index (χ0n) is 28.9. The number of rotatable bonds is 15. The number of aryl methyl sites for hydroxylation is 1. The molecule has 0 unspecified atom stereocenters. The Kier molecular flexibility index (Phi) is 12.7. The van der Waals surface area contributed by atoms with Crippen LogP contribution in [0, 0.1) is 23.7 Å². The van der Waals surface area contributed by atoms with Gasteiger partial charge in [-0.3, -0.25) is 0 Å². The number of hydrogen-bond donors (Lipinski definition) is 3. The van der Waals surface area contributed by atoms with Crippen LogP contribution in [0.5, 0.6) is 0 Å². The molecular formula is C34H48N10O5. The molecule has 3 aromatic rings. The van der Waals surface area contributed by atoms with Gasteiger partial charge in [-0.15, -0.1) is 5.10 Å². The first-order valence-corrected chi connectivity index (χ1v) is 17.1. The van der Waals surface area contributed by atoms with Crippen molar-refractivity contribution in [2.75, 3.05) is 43.6 Å². The summed E-state index contributed by atoms with van der Waals surface area (Å²) < 4.78 is 22.8. The summed E-state index contributed by atoms with van der Waals surface area (Å²) in [7, 11) is 0. The lowest BCUT2D eigenvalue weighted by Crippen LogP contribution is -2.43. The number of carbonyl (C=O) groups excluding carboxylic acids is 1. The first-order valence-electron chi connectivity index (χ1n) is 17.1. The maximum absolute atomic E-state index is 11.6. The fraction of sp³-hybridized carbons (Fsp3) is 0.618. The van der Waals surface area contributed by atoms with Crippen molar-refractivity contribution in [1.82, 2.24) is 35.5 Å². The lowest BCUT2D eigenvalue weighted by molar-refractivity contribution is -0.00389. The standard InChI is InChI=1S/C34H48N10O5/c1-5-48-33(45)49-25(4)44-32(41-42-43-44)20-47-19-24(3)38-26-9-11-27(12-10-26)39-31-17-28(23(2)18-36-31)29-7-6-8-30(40-29)37-22-34(21-35)13-15-46-16-14-34/h6-8,17-18,24-27,38H,5,9-16,19-20,22H2,1-4H3,(H,36,39)(H,37,40)/t24-,25+,26-,27-/m1/s1. The van der Waals surface area contributed by atoms with E-state index in [1.807, 2.05) is 31.3 Å². The number of pyridine rings is 2. The largest absolute Gasteiger partial charge is 0.510 e. The van der Waals surface area contributed by atoms with E-state index in [0.717, 1.165) is 67.0 Å². The van der Waals surface area contributed by atoms with Gasteiger partial charge in [0.15, 0.2) is 12.1 Å². The van der Waals surface area contributed by atoms with Gasteiger partial charge in [0, 0.05) is 49.6 Å². The SMILES string of the molecule is CCOC(=O)O[C@@H](C)n1nnnc1COC[C@@H](C)N[C@H]1CC[C@H](Nc2cc(-c3cccc(NCC4(C#N)CCOCC4)n3)c(C)cn2)CC1. The number of nitriles is 1. The molecule has 2 fully saturated rings. The molecule has 3 N–H and O–H groups in total. The summed E-state index contributed by atoms with van der Waals surface area (Å²) in [5, 5.41) is 32.2. The van der Waals surface area contributed by atoms with Gasteiger partial charge >= 0.3 is 6.16 Å². The van der Waals surface area contributed by atoms with Crippen LogP contribution in [-0.2, 0) is 25.6 Å². The molecule has 1 aliphatic heterocycles. The van der Waals surface area contributed by atoms with Crippen molar-refractivity contribution in [2.24, 2.45) is 5.41 Å². The Morgan fingerprint density at radius 2 is 1.94 bits per heavy atom. The van der Waals surface area contributed by atoms with Gasteiger partial charge in [0.1, 0.15) is 18.2 Å². The van der Waals surface area contributed by atoms with Crippen LogP contribution in [0.1, 0.15) is 76.9 Å². The van der Waals surface area contributed by atoms with E-state index in [1.54, 1.807) is 13.8 Å². The Morgan fingerprint density at radius 3 is 2.69 bits per heavy atom. The summed E-state index contributed by atoms with van der Waals surface area (Å²) in [6, 6.07) is 11.4. The van der Waals surface area contributed by atoms with Gasteiger partial charge < -0.3 is 34.9 Å². The number of ether oxygens (including phenoxy) is 4. The van der Waals surface area contributed by atoms with E-state index in [1.165, 1.54) is 4.68 Å². The predicted molar refractivity (Wildman–Crippen MR) is 181 cm³/mol.